The largest absolute Gasteiger partial charge is 0.348 e. The number of hydrogen-bond acceptors (Lipinski definition) is 2. The average molecular weight is 331 g/mol. The number of pyridine rings is 1. The van der Waals surface area contributed by atoms with E-state index >= 15 is 0 Å². The average Bonchev–Trinajstić information content (AvgIpc) is 3.16. The van der Waals surface area contributed by atoms with Crippen molar-refractivity contribution in [2.45, 2.75) is 55.9 Å². The third-order valence-electron chi connectivity index (χ3n) is 5.83. The summed E-state index contributed by atoms with van der Waals surface area (Å²) < 4.78 is 14.3. The molecule has 1 amide bonds. The summed E-state index contributed by atoms with van der Waals surface area (Å²) in [5, 5.41) is 3.75. The van der Waals surface area contributed by atoms with E-state index in [2.05, 4.69) is 10.3 Å². The van der Waals surface area contributed by atoms with Crippen molar-refractivity contribution in [3.05, 3.63) is 30.2 Å². The zero-order chi connectivity index (χ0) is 15.9. The van der Waals surface area contributed by atoms with Gasteiger partial charge in [-0.2, -0.15) is 4.79 Å². The third-order valence-corrected chi connectivity index (χ3v) is 11.4. The second-order valence-electron chi connectivity index (χ2n) is 7.20. The second kappa shape index (κ2) is 5.74. The monoisotopic (exact) mass is 331 g/mol. The quantitative estimate of drug-likeness (QED) is 0.848. The summed E-state index contributed by atoms with van der Waals surface area (Å²) in [7, 11) is -0.968. The highest BCUT2D eigenvalue weighted by atomic mass is 28.3. The molecular formula is C17H22FN3OSi. The van der Waals surface area contributed by atoms with Gasteiger partial charge in [0.15, 0.2) is 0 Å². The van der Waals surface area contributed by atoms with Gasteiger partial charge >= 0.3 is 0 Å². The number of halogens is 1. The van der Waals surface area contributed by atoms with Crippen molar-refractivity contribution < 1.29 is 9.28 Å². The maximum Gasteiger partial charge on any atom is 0.270 e. The topological polar surface area (TPSA) is 46.9 Å². The van der Waals surface area contributed by atoms with E-state index in [0.29, 0.717) is 15.7 Å². The van der Waals surface area contributed by atoms with Gasteiger partial charge in [0, 0.05) is 17.6 Å². The summed E-state index contributed by atoms with van der Waals surface area (Å²) in [4.78, 5) is 16.8. The minimum absolute atomic E-state index is 0.0754. The molecule has 0 radical (unpaired) electrons. The Morgan fingerprint density at radius 2 is 2.00 bits per heavy atom. The fourth-order valence-electron chi connectivity index (χ4n) is 4.43. The van der Waals surface area contributed by atoms with Gasteiger partial charge < -0.3 is 5.32 Å². The Hall–Kier alpha value is -1.69. The van der Waals surface area contributed by atoms with Gasteiger partial charge in [-0.3, -0.25) is 9.78 Å². The lowest BCUT2D eigenvalue weighted by Crippen LogP contribution is -2.44. The summed E-state index contributed by atoms with van der Waals surface area (Å²) in [5.41, 5.74) is 0.421. The van der Waals surface area contributed by atoms with Crippen molar-refractivity contribution >= 4 is 24.9 Å². The number of amides is 1. The molecule has 4 rings (SSSR count). The first-order valence-electron chi connectivity index (χ1n) is 8.59. The summed E-state index contributed by atoms with van der Waals surface area (Å²) in [6.45, 7) is 0. The minimum atomic E-state index is -0.968. The number of hydrogen-bond donors (Lipinski definition) is 1. The molecule has 2 aliphatic rings. The highest BCUT2D eigenvalue weighted by molar-refractivity contribution is 6.80. The SMILES string of the molecule is O=C(NC1CC[Si]2(CCCC2)CC1)c1cc2ccncc2n1F. The number of aromatic nitrogens is 2. The fourth-order valence-corrected chi connectivity index (χ4v) is 9.85. The van der Waals surface area contributed by atoms with Crippen molar-refractivity contribution in [3.8, 4) is 0 Å². The molecule has 1 N–H and O–H groups in total. The Morgan fingerprint density at radius 3 is 2.70 bits per heavy atom. The number of carbonyl (C=O) groups is 1. The van der Waals surface area contributed by atoms with Crippen LogP contribution < -0.4 is 5.32 Å². The zero-order valence-electron chi connectivity index (χ0n) is 13.2. The number of fused-ring (bicyclic) bond motifs is 1. The lowest BCUT2D eigenvalue weighted by Gasteiger charge is -2.35. The molecule has 0 aliphatic carbocycles. The standard InChI is InChI=1S/C17H22FN3OSi/c18-21-15(11-13-3-6-19-12-16(13)21)17(22)20-14-4-9-23(10-5-14)7-1-2-8-23/h3,6,11-12,14H,1-2,4-5,7-10H2,(H,20,22). The number of nitrogens with zero attached hydrogens (tertiary/aromatic N) is 2. The normalized spacial score (nSPS) is 21.1. The van der Waals surface area contributed by atoms with E-state index in [4.69, 9.17) is 0 Å². The van der Waals surface area contributed by atoms with Crippen molar-refractivity contribution in [1.82, 2.24) is 15.1 Å². The molecule has 2 saturated heterocycles. The molecule has 6 heteroatoms. The van der Waals surface area contributed by atoms with Crippen LogP contribution in [0, 0.1) is 0 Å². The maximum atomic E-state index is 14.3. The van der Waals surface area contributed by atoms with Gasteiger partial charge in [0.25, 0.3) is 5.91 Å². The van der Waals surface area contributed by atoms with E-state index in [1.807, 2.05) is 0 Å². The van der Waals surface area contributed by atoms with Gasteiger partial charge in [0.05, 0.1) is 14.3 Å². The summed E-state index contributed by atoms with van der Waals surface area (Å²) in [6.07, 6.45) is 8.04. The molecule has 0 aromatic carbocycles. The number of nitrogens with one attached hydrogen (secondary N) is 1. The van der Waals surface area contributed by atoms with Crippen LogP contribution in [0.15, 0.2) is 24.5 Å². The maximum absolute atomic E-state index is 14.3. The van der Waals surface area contributed by atoms with E-state index in [-0.39, 0.29) is 17.6 Å². The van der Waals surface area contributed by atoms with Crippen molar-refractivity contribution in [2.75, 3.05) is 0 Å². The van der Waals surface area contributed by atoms with Crippen LogP contribution >= 0.6 is 0 Å². The van der Waals surface area contributed by atoms with Gasteiger partial charge in [-0.15, -0.1) is 0 Å². The van der Waals surface area contributed by atoms with Crippen LogP contribution in [0.4, 0.5) is 4.48 Å². The van der Waals surface area contributed by atoms with Crippen molar-refractivity contribution in [2.24, 2.45) is 0 Å². The van der Waals surface area contributed by atoms with E-state index in [1.54, 1.807) is 18.3 Å². The molecule has 0 unspecified atom stereocenters. The van der Waals surface area contributed by atoms with Crippen LogP contribution in [0.1, 0.15) is 36.2 Å². The Labute approximate surface area is 136 Å². The van der Waals surface area contributed by atoms with Gasteiger partial charge in [0.2, 0.25) is 0 Å². The van der Waals surface area contributed by atoms with Crippen LogP contribution in [-0.4, -0.2) is 29.8 Å². The molecule has 2 aliphatic heterocycles. The predicted octanol–water partition coefficient (Wildman–Crippen LogP) is 3.90. The summed E-state index contributed by atoms with van der Waals surface area (Å²) >= 11 is 0. The van der Waals surface area contributed by atoms with Gasteiger partial charge in [-0.05, 0) is 25.0 Å². The Kier molecular flexibility index (Phi) is 3.71. The van der Waals surface area contributed by atoms with E-state index in [1.165, 1.54) is 43.2 Å². The Morgan fingerprint density at radius 1 is 1.26 bits per heavy atom. The molecule has 1 spiro atoms. The van der Waals surface area contributed by atoms with Gasteiger partial charge in [-0.25, -0.2) is 0 Å². The van der Waals surface area contributed by atoms with Crippen LogP contribution in [0.25, 0.3) is 10.9 Å². The molecule has 0 bridgehead atoms. The molecule has 0 atom stereocenters. The molecule has 4 nitrogen and oxygen atoms in total. The van der Waals surface area contributed by atoms with Crippen LogP contribution in [-0.2, 0) is 0 Å². The molecule has 2 fully saturated rings. The Balaban J connectivity index is 1.44. The summed E-state index contributed by atoms with van der Waals surface area (Å²) in [6, 6.07) is 9.16. The molecule has 2 aromatic heterocycles. The first-order valence-corrected chi connectivity index (χ1v) is 11.4. The van der Waals surface area contributed by atoms with E-state index in [9.17, 15) is 9.28 Å². The molecule has 4 heterocycles. The summed E-state index contributed by atoms with van der Waals surface area (Å²) in [5.74, 6) is -0.308. The molecule has 23 heavy (non-hydrogen) atoms. The van der Waals surface area contributed by atoms with Crippen LogP contribution in [0.3, 0.4) is 0 Å². The van der Waals surface area contributed by atoms with E-state index < -0.39 is 8.07 Å². The zero-order valence-corrected chi connectivity index (χ0v) is 14.2. The molecule has 0 saturated carbocycles. The molecular weight excluding hydrogens is 309 g/mol. The number of rotatable bonds is 2. The van der Waals surface area contributed by atoms with Crippen LogP contribution in [0.5, 0.6) is 0 Å². The highest BCUT2D eigenvalue weighted by Gasteiger charge is 2.39. The van der Waals surface area contributed by atoms with Crippen molar-refractivity contribution in [3.63, 3.8) is 0 Å². The highest BCUT2D eigenvalue weighted by Crippen LogP contribution is 2.42. The molecule has 122 valence electrons. The van der Waals surface area contributed by atoms with Crippen molar-refractivity contribution in [1.29, 1.82) is 0 Å². The van der Waals surface area contributed by atoms with E-state index in [0.717, 1.165) is 12.8 Å². The van der Waals surface area contributed by atoms with Gasteiger partial charge in [0.1, 0.15) is 11.2 Å². The lowest BCUT2D eigenvalue weighted by molar-refractivity contribution is 0.0915. The number of carbonyl (C=O) groups excluding carboxylic acids is 1. The third kappa shape index (κ3) is 2.69. The minimum Gasteiger partial charge on any atom is -0.348 e. The Bertz CT molecular complexity index is 729. The molecule has 2 aromatic rings. The first-order chi connectivity index (χ1) is 11.2. The fraction of sp³-hybridized carbons (Fsp3) is 0.529. The smallest absolute Gasteiger partial charge is 0.270 e. The predicted molar refractivity (Wildman–Crippen MR) is 90.9 cm³/mol. The van der Waals surface area contributed by atoms with Crippen LogP contribution in [0.2, 0.25) is 24.2 Å². The van der Waals surface area contributed by atoms with Gasteiger partial charge in [-0.1, -0.05) is 41.5 Å². The second-order valence-corrected chi connectivity index (χ2v) is 12.2. The first kappa shape index (κ1) is 14.9. The lowest BCUT2D eigenvalue weighted by atomic mass is 10.1.